The Labute approximate surface area is 336 Å². The lowest BCUT2D eigenvalue weighted by Crippen LogP contribution is -2.15. The van der Waals surface area contributed by atoms with Crippen LogP contribution in [-0.2, 0) is 61.6 Å². The Hall–Kier alpha value is -0.520. The number of hydrogen-bond donors (Lipinski definition) is 0. The Morgan fingerprint density at radius 1 is 0.145 bits per heavy atom. The minimum atomic E-state index is 0.517. The van der Waals surface area contributed by atoms with E-state index in [2.05, 4.69) is 13.8 Å². The molecule has 13 heteroatoms. The van der Waals surface area contributed by atoms with Gasteiger partial charge in [0.2, 0.25) is 0 Å². The minimum absolute atomic E-state index is 0.517. The average molecular weight is 799 g/mol. The second kappa shape index (κ2) is 53.5. The van der Waals surface area contributed by atoms with E-state index in [-0.39, 0.29) is 0 Å². The summed E-state index contributed by atoms with van der Waals surface area (Å²) in [6.45, 7) is 19.3. The second-order valence-corrected chi connectivity index (χ2v) is 13.2. The van der Waals surface area contributed by atoms with Crippen LogP contribution in [-0.4, -0.2) is 172 Å². The molecule has 0 aliphatic rings. The third-order valence-corrected chi connectivity index (χ3v) is 8.25. The first-order valence-electron chi connectivity index (χ1n) is 21.9. The SMILES string of the molecule is CCCCCCCCCCCCOCCOCCOCCOCCOCCOCCOCCOCCOCCOCCOCCOCCOCCCCCC. The van der Waals surface area contributed by atoms with Crippen LogP contribution in [0, 0.1) is 0 Å². The second-order valence-electron chi connectivity index (χ2n) is 13.2. The lowest BCUT2D eigenvalue weighted by Gasteiger charge is -2.09. The van der Waals surface area contributed by atoms with E-state index in [9.17, 15) is 0 Å². The number of unbranched alkanes of at least 4 members (excludes halogenated alkanes) is 12. The van der Waals surface area contributed by atoms with Gasteiger partial charge in [-0.1, -0.05) is 90.9 Å². The van der Waals surface area contributed by atoms with Crippen molar-refractivity contribution in [3.63, 3.8) is 0 Å². The molecule has 0 N–H and O–H groups in total. The van der Waals surface area contributed by atoms with Crippen LogP contribution in [0.1, 0.15) is 104 Å². The van der Waals surface area contributed by atoms with E-state index < -0.39 is 0 Å². The molecule has 0 aliphatic heterocycles. The monoisotopic (exact) mass is 799 g/mol. The van der Waals surface area contributed by atoms with Gasteiger partial charge in [-0.25, -0.2) is 0 Å². The van der Waals surface area contributed by atoms with Gasteiger partial charge in [-0.05, 0) is 12.8 Å². The molecule has 0 spiro atoms. The lowest BCUT2D eigenvalue weighted by atomic mass is 10.1. The molecular weight excluding hydrogens is 712 g/mol. The summed E-state index contributed by atoms with van der Waals surface area (Å²) in [6, 6.07) is 0. The number of rotatable bonds is 52. The van der Waals surface area contributed by atoms with Crippen LogP contribution in [0.15, 0.2) is 0 Å². The van der Waals surface area contributed by atoms with E-state index in [0.29, 0.717) is 159 Å². The molecule has 0 amide bonds. The zero-order valence-corrected chi connectivity index (χ0v) is 35.6. The molecular formula is C42H86O13. The van der Waals surface area contributed by atoms with E-state index in [0.717, 1.165) is 26.1 Å². The summed E-state index contributed by atoms with van der Waals surface area (Å²) in [6.07, 6.45) is 18.3. The summed E-state index contributed by atoms with van der Waals surface area (Å²) in [5, 5.41) is 0. The van der Waals surface area contributed by atoms with Gasteiger partial charge in [0, 0.05) is 13.2 Å². The highest BCUT2D eigenvalue weighted by Crippen LogP contribution is 2.10. The predicted octanol–water partition coefficient (Wildman–Crippen LogP) is 6.70. The maximum absolute atomic E-state index is 5.66. The zero-order valence-electron chi connectivity index (χ0n) is 35.6. The summed E-state index contributed by atoms with van der Waals surface area (Å²) in [7, 11) is 0. The summed E-state index contributed by atoms with van der Waals surface area (Å²) >= 11 is 0. The smallest absolute Gasteiger partial charge is 0.0701 e. The zero-order chi connectivity index (χ0) is 39.5. The molecule has 0 saturated carbocycles. The summed E-state index contributed by atoms with van der Waals surface area (Å²) in [5.74, 6) is 0. The molecule has 332 valence electrons. The maximum Gasteiger partial charge on any atom is 0.0701 e. The minimum Gasteiger partial charge on any atom is -0.379 e. The molecule has 13 nitrogen and oxygen atoms in total. The molecule has 0 bridgehead atoms. The van der Waals surface area contributed by atoms with Gasteiger partial charge >= 0.3 is 0 Å². The lowest BCUT2D eigenvalue weighted by molar-refractivity contribution is -0.0290. The van der Waals surface area contributed by atoms with Crippen molar-refractivity contribution in [1.29, 1.82) is 0 Å². The Morgan fingerprint density at radius 2 is 0.273 bits per heavy atom. The van der Waals surface area contributed by atoms with Crippen molar-refractivity contribution in [2.24, 2.45) is 0 Å². The van der Waals surface area contributed by atoms with Crippen LogP contribution in [0.2, 0.25) is 0 Å². The quantitative estimate of drug-likeness (QED) is 0.0608. The normalized spacial score (nSPS) is 11.7. The summed E-state index contributed by atoms with van der Waals surface area (Å²) < 4.78 is 71.9. The Kier molecular flexibility index (Phi) is 53.0. The first-order chi connectivity index (χ1) is 27.4. The van der Waals surface area contributed by atoms with Crippen molar-refractivity contribution < 1.29 is 61.6 Å². The first kappa shape index (κ1) is 54.5. The molecule has 55 heavy (non-hydrogen) atoms. The van der Waals surface area contributed by atoms with Crippen molar-refractivity contribution in [2.45, 2.75) is 104 Å². The van der Waals surface area contributed by atoms with Gasteiger partial charge in [-0.3, -0.25) is 0 Å². The molecule has 0 fully saturated rings. The van der Waals surface area contributed by atoms with Crippen molar-refractivity contribution >= 4 is 0 Å². The van der Waals surface area contributed by atoms with E-state index in [1.54, 1.807) is 0 Å². The summed E-state index contributed by atoms with van der Waals surface area (Å²) in [5.41, 5.74) is 0. The fourth-order valence-corrected chi connectivity index (χ4v) is 5.06. The van der Waals surface area contributed by atoms with Crippen molar-refractivity contribution in [3.05, 3.63) is 0 Å². The number of ether oxygens (including phenoxy) is 13. The van der Waals surface area contributed by atoms with E-state index in [1.165, 1.54) is 77.0 Å². The van der Waals surface area contributed by atoms with Crippen molar-refractivity contribution in [3.8, 4) is 0 Å². The standard InChI is InChI=1S/C42H86O13/c1-3-5-7-9-10-11-12-13-14-16-18-44-20-22-46-24-26-48-28-30-50-32-34-52-36-38-54-40-42-55-41-39-53-37-35-51-33-31-49-29-27-47-25-23-45-21-19-43-17-15-8-6-4-2/h3-42H2,1-2H3. The van der Waals surface area contributed by atoms with Gasteiger partial charge in [0.25, 0.3) is 0 Å². The highest BCUT2D eigenvalue weighted by atomic mass is 16.6. The van der Waals surface area contributed by atoms with Crippen molar-refractivity contribution in [1.82, 2.24) is 0 Å². The van der Waals surface area contributed by atoms with E-state index in [1.807, 2.05) is 0 Å². The first-order valence-corrected chi connectivity index (χ1v) is 21.9. The van der Waals surface area contributed by atoms with Crippen LogP contribution < -0.4 is 0 Å². The maximum atomic E-state index is 5.66. The molecule has 0 rings (SSSR count). The fraction of sp³-hybridized carbons (Fsp3) is 1.00. The predicted molar refractivity (Wildman–Crippen MR) is 217 cm³/mol. The van der Waals surface area contributed by atoms with Gasteiger partial charge in [-0.15, -0.1) is 0 Å². The molecule has 0 unspecified atom stereocenters. The van der Waals surface area contributed by atoms with Crippen molar-refractivity contribution in [2.75, 3.05) is 172 Å². The molecule has 0 heterocycles. The molecule has 0 aromatic rings. The van der Waals surface area contributed by atoms with Gasteiger partial charge < -0.3 is 61.6 Å². The van der Waals surface area contributed by atoms with Crippen LogP contribution >= 0.6 is 0 Å². The topological polar surface area (TPSA) is 120 Å². The largest absolute Gasteiger partial charge is 0.379 e. The van der Waals surface area contributed by atoms with Gasteiger partial charge in [-0.2, -0.15) is 0 Å². The third kappa shape index (κ3) is 53.5. The van der Waals surface area contributed by atoms with Gasteiger partial charge in [0.05, 0.1) is 159 Å². The van der Waals surface area contributed by atoms with Crippen LogP contribution in [0.4, 0.5) is 0 Å². The molecule has 0 atom stereocenters. The highest BCUT2D eigenvalue weighted by Gasteiger charge is 1.98. The Morgan fingerprint density at radius 3 is 0.455 bits per heavy atom. The molecule has 0 radical (unpaired) electrons. The number of hydrogen-bond acceptors (Lipinski definition) is 13. The van der Waals surface area contributed by atoms with E-state index in [4.69, 9.17) is 61.6 Å². The molecule has 0 aromatic heterocycles. The fourth-order valence-electron chi connectivity index (χ4n) is 5.06. The van der Waals surface area contributed by atoms with Gasteiger partial charge in [0.15, 0.2) is 0 Å². The molecule has 0 aromatic carbocycles. The van der Waals surface area contributed by atoms with Crippen LogP contribution in [0.25, 0.3) is 0 Å². The van der Waals surface area contributed by atoms with E-state index >= 15 is 0 Å². The van der Waals surface area contributed by atoms with Crippen LogP contribution in [0.3, 0.4) is 0 Å². The summed E-state index contributed by atoms with van der Waals surface area (Å²) in [4.78, 5) is 0. The van der Waals surface area contributed by atoms with Gasteiger partial charge in [0.1, 0.15) is 0 Å². The third-order valence-electron chi connectivity index (χ3n) is 8.25. The highest BCUT2D eigenvalue weighted by molar-refractivity contribution is 4.48. The average Bonchev–Trinajstić information content (AvgIpc) is 3.20. The Balaban J connectivity index is 3.05. The molecule has 0 saturated heterocycles. The molecule has 0 aliphatic carbocycles. The van der Waals surface area contributed by atoms with Crippen LogP contribution in [0.5, 0.6) is 0 Å². The Bertz CT molecular complexity index is 599.